The van der Waals surface area contributed by atoms with Crippen molar-refractivity contribution in [3.63, 3.8) is 0 Å². The van der Waals surface area contributed by atoms with Gasteiger partial charge in [0.2, 0.25) is 0 Å². The molecule has 0 radical (unpaired) electrons. The number of halogens is 1. The maximum absolute atomic E-state index is 6.25. The minimum atomic E-state index is 0.610. The lowest BCUT2D eigenvalue weighted by Crippen LogP contribution is -2.15. The first-order valence-electron chi connectivity index (χ1n) is 12.0. The molecule has 0 aliphatic carbocycles. The van der Waals surface area contributed by atoms with Crippen molar-refractivity contribution in [2.75, 3.05) is 12.4 Å². The predicted octanol–water partition coefficient (Wildman–Crippen LogP) is 7.26. The highest BCUT2D eigenvalue weighted by atomic mass is 35.5. The average molecular weight is 513 g/mol. The van der Waals surface area contributed by atoms with Gasteiger partial charge in [0.15, 0.2) is 5.82 Å². The molecule has 0 amide bonds. The monoisotopic (exact) mass is 512 g/mol. The molecule has 0 bridgehead atoms. The van der Waals surface area contributed by atoms with Gasteiger partial charge in [0, 0.05) is 40.0 Å². The lowest BCUT2D eigenvalue weighted by Gasteiger charge is -2.12. The lowest BCUT2D eigenvalue weighted by atomic mass is 9.98. The summed E-state index contributed by atoms with van der Waals surface area (Å²) in [5.74, 6) is 1.73. The molecule has 36 heavy (non-hydrogen) atoms. The molecule has 0 fully saturated rings. The third kappa shape index (κ3) is 3.96. The maximum Gasteiger partial charge on any atom is 0.162 e. The Balaban J connectivity index is 1.59. The van der Waals surface area contributed by atoms with Crippen molar-refractivity contribution in [1.82, 2.24) is 14.2 Å². The number of hydrogen-bond acceptors (Lipinski definition) is 3. The van der Waals surface area contributed by atoms with E-state index in [4.69, 9.17) is 33.7 Å². The van der Waals surface area contributed by atoms with Gasteiger partial charge in [-0.2, -0.15) is 0 Å². The van der Waals surface area contributed by atoms with Gasteiger partial charge in [0.05, 0.1) is 7.11 Å². The van der Waals surface area contributed by atoms with Gasteiger partial charge in [-0.15, -0.1) is 5.10 Å². The largest absolute Gasteiger partial charge is 0.497 e. The number of benzene rings is 3. The molecule has 0 saturated heterocycles. The second-order valence-electron chi connectivity index (χ2n) is 8.93. The molecule has 3 aromatic carbocycles. The van der Waals surface area contributed by atoms with Gasteiger partial charge in [0.25, 0.3) is 0 Å². The van der Waals surface area contributed by atoms with Crippen LogP contribution in [0.3, 0.4) is 0 Å². The Kier molecular flexibility index (Phi) is 5.99. The van der Waals surface area contributed by atoms with Crippen LogP contribution in [0.2, 0.25) is 5.02 Å². The van der Waals surface area contributed by atoms with E-state index in [1.165, 1.54) is 5.56 Å². The number of methoxy groups -OCH3 is 1. The average Bonchev–Trinajstić information content (AvgIpc) is 3.33. The van der Waals surface area contributed by atoms with Crippen molar-refractivity contribution >= 4 is 40.1 Å². The highest BCUT2D eigenvalue weighted by Gasteiger charge is 2.29. The molecule has 7 heteroatoms. The van der Waals surface area contributed by atoms with Crippen molar-refractivity contribution in [3.8, 4) is 28.3 Å². The molecule has 5 nitrogen and oxygen atoms in total. The van der Waals surface area contributed by atoms with E-state index in [1.54, 1.807) is 7.11 Å². The van der Waals surface area contributed by atoms with Crippen LogP contribution in [-0.4, -0.2) is 26.3 Å². The Bertz CT molecular complexity index is 1570. The number of thiocarbonyl (C=S) groups is 1. The van der Waals surface area contributed by atoms with E-state index < -0.39 is 0 Å². The molecule has 1 N–H and O–H groups in total. The van der Waals surface area contributed by atoms with E-state index >= 15 is 0 Å². The third-order valence-electron chi connectivity index (χ3n) is 6.69. The Morgan fingerprint density at radius 2 is 1.78 bits per heavy atom. The summed E-state index contributed by atoms with van der Waals surface area (Å²) in [6.07, 6.45) is 3.16. The summed E-state index contributed by atoms with van der Waals surface area (Å²) in [5, 5.41) is 9.31. The fourth-order valence-corrected chi connectivity index (χ4v) is 5.50. The molecule has 180 valence electrons. The number of ether oxygens (including phenoxy) is 1. The van der Waals surface area contributed by atoms with Crippen LogP contribution in [-0.2, 0) is 13.0 Å². The number of nitrogens with zero attached hydrogens (tertiary/aromatic N) is 3. The lowest BCUT2D eigenvalue weighted by molar-refractivity contribution is 0.415. The Morgan fingerprint density at radius 1 is 0.972 bits per heavy atom. The SMILES string of the molecule is COc1cccc(NC(=S)c2c(-c3ccc(Cl)cc3)c3c4n(c(-c5ccccc5)nn24)CCCC3)c1. The molecule has 1 aliphatic heterocycles. The molecule has 3 heterocycles. The van der Waals surface area contributed by atoms with Crippen molar-refractivity contribution in [2.24, 2.45) is 0 Å². The van der Waals surface area contributed by atoms with Crippen LogP contribution >= 0.6 is 23.8 Å². The van der Waals surface area contributed by atoms with Crippen LogP contribution in [0, 0.1) is 0 Å². The van der Waals surface area contributed by atoms with Gasteiger partial charge >= 0.3 is 0 Å². The van der Waals surface area contributed by atoms with Gasteiger partial charge in [-0.1, -0.05) is 72.3 Å². The fourth-order valence-electron chi connectivity index (χ4n) is 5.07. The van der Waals surface area contributed by atoms with E-state index in [0.717, 1.165) is 71.1 Å². The fraction of sp³-hybridized carbons (Fsp3) is 0.172. The molecule has 0 unspecified atom stereocenters. The summed E-state index contributed by atoms with van der Waals surface area (Å²) < 4.78 is 9.81. The van der Waals surface area contributed by atoms with E-state index in [0.29, 0.717) is 10.0 Å². The van der Waals surface area contributed by atoms with E-state index in [1.807, 2.05) is 47.0 Å². The number of aromatic nitrogens is 3. The molecule has 6 rings (SSSR count). The molecular weight excluding hydrogens is 488 g/mol. The minimum absolute atomic E-state index is 0.610. The standard InChI is InChI=1S/C29H25ClN4OS/c1-35-23-11-7-10-22(18-23)31-28(36)26-25(19-13-15-21(30)16-14-19)24-12-5-6-17-33-27(32-34(26)29(24)33)20-8-3-2-4-9-20/h2-4,7-11,13-16,18H,5-6,12,17H2,1H3,(H,31,36). The summed E-state index contributed by atoms with van der Waals surface area (Å²) in [6, 6.07) is 26.2. The van der Waals surface area contributed by atoms with Gasteiger partial charge in [0.1, 0.15) is 22.1 Å². The quantitative estimate of drug-likeness (QED) is 0.252. The summed E-state index contributed by atoms with van der Waals surface area (Å²) in [7, 11) is 1.66. The van der Waals surface area contributed by atoms with Gasteiger partial charge in [-0.25, -0.2) is 4.52 Å². The summed E-state index contributed by atoms with van der Waals surface area (Å²) in [4.78, 5) is 0.610. The third-order valence-corrected chi connectivity index (χ3v) is 7.24. The first-order chi connectivity index (χ1) is 17.6. The Morgan fingerprint density at radius 3 is 2.56 bits per heavy atom. The zero-order chi connectivity index (χ0) is 24.6. The molecule has 5 aromatic rings. The van der Waals surface area contributed by atoms with Gasteiger partial charge in [-0.05, 0) is 49.1 Å². The number of anilines is 1. The van der Waals surface area contributed by atoms with Crippen molar-refractivity contribution < 1.29 is 4.74 Å². The number of rotatable bonds is 5. The summed E-state index contributed by atoms with van der Waals surface area (Å²) >= 11 is 12.3. The van der Waals surface area contributed by atoms with Crippen molar-refractivity contribution in [3.05, 3.63) is 95.1 Å². The molecule has 1 aliphatic rings. The zero-order valence-electron chi connectivity index (χ0n) is 19.9. The number of aryl methyl sites for hydroxylation is 2. The van der Waals surface area contributed by atoms with Crippen molar-refractivity contribution in [2.45, 2.75) is 25.8 Å². The van der Waals surface area contributed by atoms with Gasteiger partial charge in [-0.3, -0.25) is 0 Å². The van der Waals surface area contributed by atoms with E-state index in [9.17, 15) is 0 Å². The van der Waals surface area contributed by atoms with Gasteiger partial charge < -0.3 is 14.6 Å². The summed E-state index contributed by atoms with van der Waals surface area (Å²) in [6.45, 7) is 0.917. The maximum atomic E-state index is 6.25. The molecule has 0 spiro atoms. The van der Waals surface area contributed by atoms with Crippen LogP contribution < -0.4 is 10.1 Å². The Hall–Kier alpha value is -3.61. The zero-order valence-corrected chi connectivity index (χ0v) is 21.4. The predicted molar refractivity (Wildman–Crippen MR) is 150 cm³/mol. The van der Waals surface area contributed by atoms with Crippen LogP contribution in [0.1, 0.15) is 24.1 Å². The minimum Gasteiger partial charge on any atom is -0.497 e. The molecule has 0 atom stereocenters. The van der Waals surface area contributed by atoms with Crippen molar-refractivity contribution in [1.29, 1.82) is 0 Å². The Labute approximate surface area is 220 Å². The first-order valence-corrected chi connectivity index (χ1v) is 12.8. The number of nitrogens with one attached hydrogen (secondary N) is 1. The molecule has 0 saturated carbocycles. The molecule has 2 aromatic heterocycles. The number of hydrogen-bond donors (Lipinski definition) is 1. The smallest absolute Gasteiger partial charge is 0.162 e. The first kappa shape index (κ1) is 22.8. The highest BCUT2D eigenvalue weighted by molar-refractivity contribution is 7.81. The van der Waals surface area contributed by atoms with E-state index in [-0.39, 0.29) is 0 Å². The summed E-state index contributed by atoms with van der Waals surface area (Å²) in [5.41, 5.74) is 7.44. The topological polar surface area (TPSA) is 43.5 Å². The molecular formula is C29H25ClN4OS. The van der Waals surface area contributed by atoms with Crippen LogP contribution in [0.15, 0.2) is 78.9 Å². The van der Waals surface area contributed by atoms with Crippen LogP contribution in [0.4, 0.5) is 5.69 Å². The highest BCUT2D eigenvalue weighted by Crippen LogP contribution is 2.39. The second-order valence-corrected chi connectivity index (χ2v) is 9.77. The second kappa shape index (κ2) is 9.45. The van der Waals surface area contributed by atoms with Crippen LogP contribution in [0.5, 0.6) is 5.75 Å². The normalized spacial score (nSPS) is 12.9. The van der Waals surface area contributed by atoms with Crippen LogP contribution in [0.25, 0.3) is 28.2 Å². The van der Waals surface area contributed by atoms with E-state index in [2.05, 4.69) is 46.3 Å².